The zero-order valence-electron chi connectivity index (χ0n) is 27.0. The van der Waals surface area contributed by atoms with Gasteiger partial charge < -0.3 is 29.6 Å². The fourth-order valence-corrected chi connectivity index (χ4v) is 5.25. The Hall–Kier alpha value is -4.02. The minimum atomic E-state index is -1.37. The lowest BCUT2D eigenvalue weighted by Crippen LogP contribution is -2.58. The molecule has 10 nitrogen and oxygen atoms in total. The summed E-state index contributed by atoms with van der Waals surface area (Å²) in [5, 5.41) is 6.33. The molecular weight excluding hydrogens is 610 g/mol. The number of hydrogen-bond acceptors (Lipinski definition) is 9. The van der Waals surface area contributed by atoms with Crippen molar-refractivity contribution in [3.63, 3.8) is 0 Å². The molecule has 1 aromatic heterocycles. The molecular formula is C35H44ClN3O7. The van der Waals surface area contributed by atoms with Crippen molar-refractivity contribution in [1.29, 1.82) is 0 Å². The van der Waals surface area contributed by atoms with Crippen molar-refractivity contribution >= 4 is 41.8 Å². The van der Waals surface area contributed by atoms with Crippen molar-refractivity contribution in [2.24, 2.45) is 17.8 Å². The Kier molecular flexibility index (Phi) is 14.0. The third kappa shape index (κ3) is 11.1. The number of amides is 1. The maximum absolute atomic E-state index is 13.4. The zero-order valence-corrected chi connectivity index (χ0v) is 27.8. The summed E-state index contributed by atoms with van der Waals surface area (Å²) in [6.45, 7) is 7.57. The first-order chi connectivity index (χ1) is 21.9. The molecule has 2 heterocycles. The molecule has 0 radical (unpaired) electrons. The van der Waals surface area contributed by atoms with Crippen molar-refractivity contribution in [2.45, 2.75) is 64.7 Å². The van der Waals surface area contributed by atoms with Crippen LogP contribution in [0, 0.1) is 17.8 Å². The van der Waals surface area contributed by atoms with Gasteiger partial charge in [-0.25, -0.2) is 4.79 Å². The molecule has 0 aliphatic carbocycles. The molecule has 0 saturated carbocycles. The minimum Gasteiger partial charge on any atom is -0.495 e. The van der Waals surface area contributed by atoms with E-state index in [1.807, 2.05) is 45.1 Å². The van der Waals surface area contributed by atoms with Crippen LogP contribution in [-0.4, -0.2) is 67.1 Å². The van der Waals surface area contributed by atoms with Crippen molar-refractivity contribution in [3.05, 3.63) is 77.1 Å². The summed E-state index contributed by atoms with van der Waals surface area (Å²) >= 11 is 6.33. The van der Waals surface area contributed by atoms with Crippen molar-refractivity contribution in [3.8, 4) is 5.75 Å². The minimum absolute atomic E-state index is 0.0214. The monoisotopic (exact) mass is 653 g/mol. The third-order valence-electron chi connectivity index (χ3n) is 7.60. The summed E-state index contributed by atoms with van der Waals surface area (Å²) < 4.78 is 16.9. The molecule has 2 N–H and O–H groups in total. The number of nitrogens with zero attached hydrogens (tertiary/aromatic N) is 1. The Labute approximate surface area is 275 Å². The predicted molar refractivity (Wildman–Crippen MR) is 176 cm³/mol. The maximum atomic E-state index is 13.4. The van der Waals surface area contributed by atoms with Crippen molar-refractivity contribution < 1.29 is 33.4 Å². The molecule has 3 rings (SSSR count). The highest BCUT2D eigenvalue weighted by atomic mass is 35.5. The molecule has 0 saturated heterocycles. The molecule has 1 aliphatic heterocycles. The Balaban J connectivity index is 1.93. The molecule has 5 atom stereocenters. The molecule has 0 unspecified atom stereocenters. The lowest BCUT2D eigenvalue weighted by atomic mass is 9.91. The molecule has 1 aromatic carbocycles. The van der Waals surface area contributed by atoms with E-state index in [0.29, 0.717) is 22.6 Å². The summed E-state index contributed by atoms with van der Waals surface area (Å²) in [7, 11) is 1.51. The van der Waals surface area contributed by atoms with Crippen LogP contribution in [0.4, 0.5) is 0 Å². The molecule has 11 heteroatoms. The van der Waals surface area contributed by atoms with Crippen LogP contribution in [0.5, 0.6) is 5.75 Å². The fourth-order valence-electron chi connectivity index (χ4n) is 4.97. The number of benzene rings is 1. The van der Waals surface area contributed by atoms with E-state index in [2.05, 4.69) is 15.6 Å². The fraction of sp³-hybridized carbons (Fsp3) is 0.457. The van der Waals surface area contributed by atoms with E-state index in [4.69, 9.17) is 25.8 Å². The second-order valence-electron chi connectivity index (χ2n) is 12.1. The number of pyridine rings is 1. The highest BCUT2D eigenvalue weighted by Crippen LogP contribution is 2.27. The van der Waals surface area contributed by atoms with E-state index in [0.717, 1.165) is 5.56 Å². The van der Waals surface area contributed by atoms with Gasteiger partial charge in [-0.05, 0) is 47.7 Å². The Morgan fingerprint density at radius 2 is 1.93 bits per heavy atom. The average Bonchev–Trinajstić information content (AvgIpc) is 3.02. The smallest absolute Gasteiger partial charge is 0.347 e. The number of esters is 2. The number of aromatic nitrogens is 1. The normalized spacial score (nSPS) is 24.9. The van der Waals surface area contributed by atoms with Gasteiger partial charge in [-0.15, -0.1) is 0 Å². The van der Waals surface area contributed by atoms with Crippen LogP contribution in [-0.2, 0) is 35.1 Å². The number of cyclic esters (lactones) is 2. The number of carbonyl (C=O) groups excluding carboxylic acids is 4. The largest absolute Gasteiger partial charge is 0.495 e. The highest BCUT2D eigenvalue weighted by Gasteiger charge is 2.34. The van der Waals surface area contributed by atoms with Crippen LogP contribution in [0.1, 0.15) is 51.7 Å². The number of rotatable bonds is 9. The summed E-state index contributed by atoms with van der Waals surface area (Å²) in [5.74, 6) is -2.13. The van der Waals surface area contributed by atoms with E-state index in [-0.39, 0.29) is 44.2 Å². The average molecular weight is 654 g/mol. The standard InChI is InChI=1S/C35H44ClN3O7/c1-23(2)16-31-34(43)45-29(24(3)11-12-26-8-7-15-37-20-26)9-6-10-32(41)39-35(22-40,21-38-19-25(4)33(42)46-31)18-27-13-14-30(44-5)28(36)17-27/h6-8,10-15,17,20,22-25,29,31,38H,9,16,18-19,21H2,1-5H3,(H,39,41)/b10-6+,12-11+/t24-,25-,29+,31+,35-/m1/s1. The molecule has 1 amide bonds. The lowest BCUT2D eigenvalue weighted by molar-refractivity contribution is -0.175. The summed E-state index contributed by atoms with van der Waals surface area (Å²) in [4.78, 5) is 56.5. The van der Waals surface area contributed by atoms with E-state index in [9.17, 15) is 19.2 Å². The Morgan fingerprint density at radius 3 is 2.59 bits per heavy atom. The molecule has 0 fully saturated rings. The van der Waals surface area contributed by atoms with Gasteiger partial charge in [0.05, 0.1) is 18.1 Å². The molecule has 1 aliphatic rings. The number of halogens is 1. The number of nitrogens with one attached hydrogen (secondary N) is 2. The predicted octanol–water partition coefficient (Wildman–Crippen LogP) is 4.74. The number of ether oxygens (including phenoxy) is 3. The number of hydrogen-bond donors (Lipinski definition) is 2. The van der Waals surface area contributed by atoms with Gasteiger partial charge in [0.1, 0.15) is 23.7 Å². The summed E-state index contributed by atoms with van der Waals surface area (Å²) in [6.07, 6.45) is 9.62. The molecule has 0 bridgehead atoms. The van der Waals surface area contributed by atoms with Crippen LogP contribution in [0.15, 0.2) is 61.0 Å². The first-order valence-corrected chi connectivity index (χ1v) is 15.8. The zero-order chi connectivity index (χ0) is 33.7. The third-order valence-corrected chi connectivity index (χ3v) is 7.90. The van der Waals surface area contributed by atoms with Crippen LogP contribution < -0.4 is 15.4 Å². The van der Waals surface area contributed by atoms with Gasteiger partial charge in [0.25, 0.3) is 0 Å². The number of carbonyl (C=O) groups is 4. The first-order valence-electron chi connectivity index (χ1n) is 15.4. The maximum Gasteiger partial charge on any atom is 0.347 e. The van der Waals surface area contributed by atoms with Crippen LogP contribution in [0.3, 0.4) is 0 Å². The summed E-state index contributed by atoms with van der Waals surface area (Å²) in [5.41, 5.74) is 0.205. The molecule has 2 aromatic rings. The van der Waals surface area contributed by atoms with E-state index >= 15 is 0 Å². The molecule has 0 spiro atoms. The van der Waals surface area contributed by atoms with Gasteiger partial charge in [0.15, 0.2) is 6.10 Å². The quantitative estimate of drug-likeness (QED) is 0.291. The van der Waals surface area contributed by atoms with Crippen LogP contribution in [0.25, 0.3) is 6.08 Å². The van der Waals surface area contributed by atoms with E-state index in [1.54, 1.807) is 43.6 Å². The van der Waals surface area contributed by atoms with Crippen molar-refractivity contribution in [1.82, 2.24) is 15.6 Å². The van der Waals surface area contributed by atoms with E-state index < -0.39 is 41.5 Å². The van der Waals surface area contributed by atoms with Gasteiger partial charge in [-0.1, -0.05) is 69.7 Å². The second kappa shape index (κ2) is 17.6. The number of methoxy groups -OCH3 is 1. The van der Waals surface area contributed by atoms with Gasteiger partial charge in [-0.3, -0.25) is 14.6 Å². The molecule has 46 heavy (non-hydrogen) atoms. The van der Waals surface area contributed by atoms with Crippen LogP contribution >= 0.6 is 11.6 Å². The van der Waals surface area contributed by atoms with Gasteiger partial charge in [0.2, 0.25) is 5.91 Å². The van der Waals surface area contributed by atoms with Gasteiger partial charge >= 0.3 is 11.9 Å². The molecule has 248 valence electrons. The van der Waals surface area contributed by atoms with Gasteiger partial charge in [-0.2, -0.15) is 0 Å². The Morgan fingerprint density at radius 1 is 1.15 bits per heavy atom. The number of aldehydes is 1. The topological polar surface area (TPSA) is 133 Å². The van der Waals surface area contributed by atoms with Crippen LogP contribution in [0.2, 0.25) is 5.02 Å². The van der Waals surface area contributed by atoms with E-state index in [1.165, 1.54) is 13.2 Å². The Bertz CT molecular complexity index is 1400. The summed E-state index contributed by atoms with van der Waals surface area (Å²) in [6, 6.07) is 8.87. The second-order valence-corrected chi connectivity index (χ2v) is 12.5. The highest BCUT2D eigenvalue weighted by molar-refractivity contribution is 6.32. The first kappa shape index (κ1) is 36.4. The van der Waals surface area contributed by atoms with Crippen molar-refractivity contribution in [2.75, 3.05) is 20.2 Å². The van der Waals surface area contributed by atoms with Gasteiger partial charge in [0, 0.05) is 44.2 Å². The lowest BCUT2D eigenvalue weighted by Gasteiger charge is -2.30. The SMILES string of the molecule is COc1ccc(C[C@]2(C=O)CNC[C@@H](C)C(=O)O[C@@H](CC(C)C)C(=O)O[C@H]([C@H](C)/C=C/c3cccnc3)C/C=C/C(=O)N2)cc1Cl.